The third kappa shape index (κ3) is 5.20. The molecule has 0 N–H and O–H groups in total. The molecule has 9 aromatic carbocycles. The minimum atomic E-state index is 0.866. The van der Waals surface area contributed by atoms with E-state index >= 15 is 0 Å². The van der Waals surface area contributed by atoms with E-state index < -0.39 is 0 Å². The van der Waals surface area contributed by atoms with Crippen molar-refractivity contribution in [2.45, 2.75) is 0 Å². The summed E-state index contributed by atoms with van der Waals surface area (Å²) in [5.41, 5.74) is 13.5. The van der Waals surface area contributed by atoms with Gasteiger partial charge in [-0.15, -0.1) is 0 Å². The lowest BCUT2D eigenvalue weighted by atomic mass is 9.96. The van der Waals surface area contributed by atoms with Crippen molar-refractivity contribution in [1.29, 1.82) is 0 Å². The Morgan fingerprint density at radius 2 is 0.891 bits per heavy atom. The highest BCUT2D eigenvalue weighted by molar-refractivity contribution is 6.11. The standard InChI is InChI=1S/C52H33NO2/c1-2-16-40-35(12-1)13-10-20-41(40)36-28-26-34(27-29-36)37-14-9-15-38(32-37)53(39-30-31-51-47(33-39)44-19-5-7-24-49(44)54-51)48-23-6-3-17-42(48)45-21-11-22-46-43-18-4-8-25-50(43)55-52(45)46/h1-33H. The highest BCUT2D eigenvalue weighted by Crippen LogP contribution is 2.46. The summed E-state index contributed by atoms with van der Waals surface area (Å²) in [7, 11) is 0. The molecule has 0 aliphatic rings. The van der Waals surface area contributed by atoms with Gasteiger partial charge in [0.05, 0.1) is 5.69 Å². The van der Waals surface area contributed by atoms with Crippen LogP contribution in [0.1, 0.15) is 0 Å². The van der Waals surface area contributed by atoms with Crippen LogP contribution < -0.4 is 4.90 Å². The average Bonchev–Trinajstić information content (AvgIpc) is 3.82. The molecule has 2 aromatic heterocycles. The minimum absolute atomic E-state index is 0.866. The van der Waals surface area contributed by atoms with Crippen molar-refractivity contribution in [3.63, 3.8) is 0 Å². The monoisotopic (exact) mass is 703 g/mol. The fraction of sp³-hybridized carbons (Fsp3) is 0. The highest BCUT2D eigenvalue weighted by atomic mass is 16.3. The Hall–Kier alpha value is -7.36. The van der Waals surface area contributed by atoms with Crippen LogP contribution in [0.25, 0.3) is 88.0 Å². The Bertz CT molecular complexity index is 3220. The molecule has 3 heteroatoms. The topological polar surface area (TPSA) is 29.5 Å². The van der Waals surface area contributed by atoms with Gasteiger partial charge in [0.2, 0.25) is 0 Å². The molecule has 258 valence electrons. The smallest absolute Gasteiger partial charge is 0.143 e. The zero-order valence-corrected chi connectivity index (χ0v) is 29.8. The molecule has 55 heavy (non-hydrogen) atoms. The Morgan fingerprint density at radius 3 is 1.76 bits per heavy atom. The second kappa shape index (κ2) is 12.6. The van der Waals surface area contributed by atoms with E-state index in [2.05, 4.69) is 181 Å². The van der Waals surface area contributed by atoms with E-state index in [9.17, 15) is 0 Å². The maximum absolute atomic E-state index is 6.59. The second-order valence-electron chi connectivity index (χ2n) is 14.1. The summed E-state index contributed by atoms with van der Waals surface area (Å²) in [5, 5.41) is 6.90. The number of rotatable bonds is 6. The van der Waals surface area contributed by atoms with Crippen molar-refractivity contribution in [2.75, 3.05) is 4.90 Å². The molecule has 0 saturated carbocycles. The van der Waals surface area contributed by atoms with Gasteiger partial charge in [0.15, 0.2) is 0 Å². The summed E-state index contributed by atoms with van der Waals surface area (Å²) in [6.07, 6.45) is 0. The third-order valence-electron chi connectivity index (χ3n) is 10.9. The fourth-order valence-electron chi connectivity index (χ4n) is 8.28. The molecular formula is C52H33NO2. The number of benzene rings is 9. The molecule has 0 bridgehead atoms. The number of fused-ring (bicyclic) bond motifs is 7. The number of para-hydroxylation sites is 4. The van der Waals surface area contributed by atoms with E-state index in [4.69, 9.17) is 8.83 Å². The van der Waals surface area contributed by atoms with E-state index in [1.54, 1.807) is 0 Å². The Kier molecular flexibility index (Phi) is 7.17. The number of hydrogen-bond donors (Lipinski definition) is 0. The van der Waals surface area contributed by atoms with Gasteiger partial charge in [0.25, 0.3) is 0 Å². The quantitative estimate of drug-likeness (QED) is 0.173. The molecule has 3 nitrogen and oxygen atoms in total. The summed E-state index contributed by atoms with van der Waals surface area (Å²) < 4.78 is 12.9. The number of anilines is 3. The van der Waals surface area contributed by atoms with Crippen LogP contribution in [0.2, 0.25) is 0 Å². The van der Waals surface area contributed by atoms with Crippen molar-refractivity contribution in [2.24, 2.45) is 0 Å². The van der Waals surface area contributed by atoms with Gasteiger partial charge in [-0.1, -0.05) is 152 Å². The normalized spacial score (nSPS) is 11.6. The van der Waals surface area contributed by atoms with Crippen molar-refractivity contribution < 1.29 is 8.83 Å². The zero-order valence-electron chi connectivity index (χ0n) is 29.8. The lowest BCUT2D eigenvalue weighted by molar-refractivity contribution is 0.669. The fourth-order valence-corrected chi connectivity index (χ4v) is 8.28. The maximum atomic E-state index is 6.59. The molecule has 11 aromatic rings. The SMILES string of the molecule is c1cc(-c2ccc(-c3cccc4ccccc34)cc2)cc(N(c2ccc3oc4ccccc4c3c2)c2ccccc2-c2cccc3c2oc2ccccc23)c1. The van der Waals surface area contributed by atoms with E-state index in [-0.39, 0.29) is 0 Å². The zero-order chi connectivity index (χ0) is 36.3. The largest absolute Gasteiger partial charge is 0.456 e. The molecule has 0 fully saturated rings. The van der Waals surface area contributed by atoms with Gasteiger partial charge in [0.1, 0.15) is 22.3 Å². The molecular weight excluding hydrogens is 671 g/mol. The van der Waals surface area contributed by atoms with Crippen LogP contribution in [0.15, 0.2) is 209 Å². The van der Waals surface area contributed by atoms with Crippen molar-refractivity contribution in [3.05, 3.63) is 200 Å². The molecule has 0 saturated heterocycles. The molecule has 0 spiro atoms. The summed E-state index contributed by atoms with van der Waals surface area (Å²) in [5.74, 6) is 0. The first-order chi connectivity index (χ1) is 27.3. The van der Waals surface area contributed by atoms with Crippen molar-refractivity contribution in [3.8, 4) is 33.4 Å². The first-order valence-electron chi connectivity index (χ1n) is 18.7. The molecule has 0 radical (unpaired) electrons. The Morgan fingerprint density at radius 1 is 0.309 bits per heavy atom. The van der Waals surface area contributed by atoms with Crippen LogP contribution in [-0.2, 0) is 0 Å². The number of furan rings is 2. The van der Waals surface area contributed by atoms with E-state index in [1.807, 2.05) is 24.3 Å². The molecule has 0 atom stereocenters. The van der Waals surface area contributed by atoms with Crippen LogP contribution in [0.5, 0.6) is 0 Å². The molecule has 0 unspecified atom stereocenters. The summed E-state index contributed by atoms with van der Waals surface area (Å²) >= 11 is 0. The van der Waals surface area contributed by atoms with Crippen LogP contribution in [0, 0.1) is 0 Å². The predicted molar refractivity (Wildman–Crippen MR) is 229 cm³/mol. The van der Waals surface area contributed by atoms with Gasteiger partial charge in [-0.2, -0.15) is 0 Å². The van der Waals surface area contributed by atoms with Gasteiger partial charge in [-0.05, 0) is 81.6 Å². The van der Waals surface area contributed by atoms with Gasteiger partial charge in [0, 0.05) is 44.0 Å². The van der Waals surface area contributed by atoms with Crippen molar-refractivity contribution in [1.82, 2.24) is 0 Å². The third-order valence-corrected chi connectivity index (χ3v) is 10.9. The summed E-state index contributed by atoms with van der Waals surface area (Å²) in [4.78, 5) is 2.37. The highest BCUT2D eigenvalue weighted by Gasteiger charge is 2.22. The summed E-state index contributed by atoms with van der Waals surface area (Å²) in [6, 6.07) is 71.0. The van der Waals surface area contributed by atoms with Gasteiger partial charge >= 0.3 is 0 Å². The Balaban J connectivity index is 1.08. The maximum Gasteiger partial charge on any atom is 0.143 e. The second-order valence-corrected chi connectivity index (χ2v) is 14.1. The first-order valence-corrected chi connectivity index (χ1v) is 18.7. The van der Waals surface area contributed by atoms with E-state index in [0.717, 1.165) is 83.2 Å². The predicted octanol–water partition coefficient (Wildman–Crippen LogP) is 15.1. The van der Waals surface area contributed by atoms with Gasteiger partial charge in [-0.25, -0.2) is 0 Å². The average molecular weight is 704 g/mol. The van der Waals surface area contributed by atoms with Crippen LogP contribution in [0.4, 0.5) is 17.1 Å². The van der Waals surface area contributed by atoms with Gasteiger partial charge < -0.3 is 13.7 Å². The number of hydrogen-bond acceptors (Lipinski definition) is 3. The van der Waals surface area contributed by atoms with Gasteiger partial charge in [-0.3, -0.25) is 0 Å². The molecule has 0 aliphatic heterocycles. The van der Waals surface area contributed by atoms with Crippen LogP contribution in [-0.4, -0.2) is 0 Å². The first kappa shape index (κ1) is 31.2. The summed E-state index contributed by atoms with van der Waals surface area (Å²) in [6.45, 7) is 0. The van der Waals surface area contributed by atoms with Crippen LogP contribution >= 0.6 is 0 Å². The van der Waals surface area contributed by atoms with E-state index in [1.165, 1.54) is 21.9 Å². The van der Waals surface area contributed by atoms with Crippen LogP contribution in [0.3, 0.4) is 0 Å². The van der Waals surface area contributed by atoms with E-state index in [0.29, 0.717) is 0 Å². The number of nitrogens with zero attached hydrogens (tertiary/aromatic N) is 1. The molecule has 0 amide bonds. The molecule has 11 rings (SSSR count). The lowest BCUT2D eigenvalue weighted by Gasteiger charge is -2.28. The van der Waals surface area contributed by atoms with Crippen molar-refractivity contribution >= 4 is 71.7 Å². The Labute approximate surface area is 317 Å². The lowest BCUT2D eigenvalue weighted by Crippen LogP contribution is -2.11. The minimum Gasteiger partial charge on any atom is -0.456 e. The molecule has 0 aliphatic carbocycles. The molecule has 2 heterocycles.